The fourth-order valence-corrected chi connectivity index (χ4v) is 4.45. The predicted octanol–water partition coefficient (Wildman–Crippen LogP) is 4.07. The number of pyridine rings is 1. The Morgan fingerprint density at radius 1 is 1.40 bits per heavy atom. The van der Waals surface area contributed by atoms with E-state index in [1.807, 2.05) is 6.07 Å². The Morgan fingerprint density at radius 3 is 2.85 bits per heavy atom. The van der Waals surface area contributed by atoms with Crippen LogP contribution in [0.2, 0.25) is 5.02 Å². The van der Waals surface area contributed by atoms with Crippen LogP contribution in [0.5, 0.6) is 0 Å². The normalized spacial score (nSPS) is 10.7. The molecule has 2 heterocycles. The molecule has 1 aromatic carbocycles. The van der Waals surface area contributed by atoms with Crippen LogP contribution in [0.3, 0.4) is 0 Å². The number of hydrogen-bond donors (Lipinski definition) is 1. The number of thiazole rings is 1. The van der Waals surface area contributed by atoms with E-state index in [0.717, 1.165) is 24.4 Å². The molecule has 3 rings (SSSR count). The third-order valence-electron chi connectivity index (χ3n) is 2.72. The van der Waals surface area contributed by atoms with Crippen molar-refractivity contribution in [3.8, 4) is 16.6 Å². The number of benzene rings is 1. The van der Waals surface area contributed by atoms with E-state index in [1.165, 1.54) is 11.3 Å². The van der Waals surface area contributed by atoms with Crippen LogP contribution >= 0.6 is 45.5 Å². The van der Waals surface area contributed by atoms with Crippen LogP contribution in [0.25, 0.3) is 20.8 Å². The molecule has 7 heteroatoms. The van der Waals surface area contributed by atoms with E-state index in [9.17, 15) is 0 Å². The SMILES string of the molecule is N#Cc1cc(Cl)c(-c2nc3ccnc(N)c3s2)c(I)c1. The lowest BCUT2D eigenvalue weighted by Gasteiger charge is -2.04. The minimum Gasteiger partial charge on any atom is -0.382 e. The highest BCUT2D eigenvalue weighted by atomic mass is 127. The number of anilines is 1. The lowest BCUT2D eigenvalue weighted by molar-refractivity contribution is 1.36. The van der Waals surface area contributed by atoms with Crippen LogP contribution in [0.1, 0.15) is 5.56 Å². The number of nitriles is 1. The van der Waals surface area contributed by atoms with Crippen molar-refractivity contribution in [3.63, 3.8) is 0 Å². The number of rotatable bonds is 1. The van der Waals surface area contributed by atoms with Gasteiger partial charge < -0.3 is 5.73 Å². The smallest absolute Gasteiger partial charge is 0.143 e. The topological polar surface area (TPSA) is 75.6 Å². The molecular weight excluding hydrogens is 407 g/mol. The van der Waals surface area contributed by atoms with E-state index in [-0.39, 0.29) is 0 Å². The molecule has 0 radical (unpaired) electrons. The van der Waals surface area contributed by atoms with Gasteiger partial charge in [-0.25, -0.2) is 9.97 Å². The van der Waals surface area contributed by atoms with Crippen molar-refractivity contribution >= 4 is 61.6 Å². The third-order valence-corrected chi connectivity index (χ3v) is 4.98. The monoisotopic (exact) mass is 412 g/mol. The van der Waals surface area contributed by atoms with Crippen molar-refractivity contribution in [3.05, 3.63) is 38.6 Å². The molecule has 0 saturated carbocycles. The molecule has 0 amide bonds. The summed E-state index contributed by atoms with van der Waals surface area (Å²) in [4.78, 5) is 8.60. The molecule has 20 heavy (non-hydrogen) atoms. The van der Waals surface area contributed by atoms with Crippen molar-refractivity contribution in [1.82, 2.24) is 9.97 Å². The van der Waals surface area contributed by atoms with E-state index in [1.54, 1.807) is 18.3 Å². The third kappa shape index (κ3) is 2.22. The van der Waals surface area contributed by atoms with Crippen LogP contribution in [0.15, 0.2) is 24.4 Å². The fraction of sp³-hybridized carbons (Fsp3) is 0. The van der Waals surface area contributed by atoms with Gasteiger partial charge in [0.1, 0.15) is 10.8 Å². The van der Waals surface area contributed by atoms with Gasteiger partial charge in [-0.05, 0) is 40.8 Å². The van der Waals surface area contributed by atoms with Crippen molar-refractivity contribution in [2.45, 2.75) is 0 Å². The largest absolute Gasteiger partial charge is 0.382 e. The molecule has 4 nitrogen and oxygen atoms in total. The van der Waals surface area contributed by atoms with E-state index >= 15 is 0 Å². The van der Waals surface area contributed by atoms with Crippen molar-refractivity contribution in [2.24, 2.45) is 0 Å². The Balaban J connectivity index is 2.26. The molecule has 2 N–H and O–H groups in total. The predicted molar refractivity (Wildman–Crippen MR) is 89.7 cm³/mol. The molecule has 0 unspecified atom stereocenters. The molecule has 0 aliphatic heterocycles. The molecule has 0 saturated heterocycles. The van der Waals surface area contributed by atoms with Crippen molar-refractivity contribution in [2.75, 3.05) is 5.73 Å². The summed E-state index contributed by atoms with van der Waals surface area (Å²) in [6.45, 7) is 0. The van der Waals surface area contributed by atoms with Gasteiger partial charge in [-0.3, -0.25) is 0 Å². The maximum Gasteiger partial charge on any atom is 0.143 e. The van der Waals surface area contributed by atoms with Gasteiger partial charge in [-0.15, -0.1) is 11.3 Å². The summed E-state index contributed by atoms with van der Waals surface area (Å²) >= 11 is 9.88. The van der Waals surface area contributed by atoms with E-state index in [4.69, 9.17) is 22.6 Å². The number of hydrogen-bond acceptors (Lipinski definition) is 5. The summed E-state index contributed by atoms with van der Waals surface area (Å²) in [6.07, 6.45) is 1.63. The van der Waals surface area contributed by atoms with E-state index in [0.29, 0.717) is 16.4 Å². The zero-order chi connectivity index (χ0) is 14.3. The average molecular weight is 413 g/mol. The second kappa shape index (κ2) is 5.16. The highest BCUT2D eigenvalue weighted by Gasteiger charge is 2.15. The minimum absolute atomic E-state index is 0.464. The van der Waals surface area contributed by atoms with Gasteiger partial charge >= 0.3 is 0 Å². The van der Waals surface area contributed by atoms with Gasteiger partial charge in [0.15, 0.2) is 0 Å². The number of aromatic nitrogens is 2. The second-order valence-corrected chi connectivity index (χ2v) is 6.56. The molecule has 0 fully saturated rings. The summed E-state index contributed by atoms with van der Waals surface area (Å²) in [5, 5.41) is 10.2. The number of fused-ring (bicyclic) bond motifs is 1. The van der Waals surface area contributed by atoms with Crippen LogP contribution in [0.4, 0.5) is 5.82 Å². The summed E-state index contributed by atoms with van der Waals surface area (Å²) in [6, 6.07) is 7.34. The van der Waals surface area contributed by atoms with Crippen LogP contribution in [-0.2, 0) is 0 Å². The molecular formula is C13H6ClIN4S. The molecule has 0 atom stereocenters. The fourth-order valence-electron chi connectivity index (χ4n) is 1.82. The lowest BCUT2D eigenvalue weighted by atomic mass is 10.1. The number of nitrogens with two attached hydrogens (primary N) is 1. The van der Waals surface area contributed by atoms with Crippen molar-refractivity contribution < 1.29 is 0 Å². The zero-order valence-electron chi connectivity index (χ0n) is 9.89. The molecule has 0 aliphatic carbocycles. The first-order valence-electron chi connectivity index (χ1n) is 5.50. The molecule has 0 spiro atoms. The van der Waals surface area contributed by atoms with E-state index in [2.05, 4.69) is 38.6 Å². The van der Waals surface area contributed by atoms with Crippen LogP contribution in [0, 0.1) is 14.9 Å². The maximum atomic E-state index is 8.95. The minimum atomic E-state index is 0.464. The average Bonchev–Trinajstić information content (AvgIpc) is 2.82. The number of nitrogen functional groups attached to an aromatic ring is 1. The first kappa shape index (κ1) is 13.5. The number of halogens is 2. The van der Waals surface area contributed by atoms with Gasteiger partial charge in [0.2, 0.25) is 0 Å². The van der Waals surface area contributed by atoms with E-state index < -0.39 is 0 Å². The highest BCUT2D eigenvalue weighted by Crippen LogP contribution is 2.39. The molecule has 2 aromatic heterocycles. The van der Waals surface area contributed by atoms with Gasteiger partial charge in [0.25, 0.3) is 0 Å². The van der Waals surface area contributed by atoms with Crippen LogP contribution < -0.4 is 5.73 Å². The summed E-state index contributed by atoms with van der Waals surface area (Å²) < 4.78 is 1.73. The number of nitrogens with zero attached hydrogens (tertiary/aromatic N) is 3. The Labute approximate surface area is 137 Å². The standard InChI is InChI=1S/C13H6ClIN4S/c14-7-3-6(5-16)4-8(15)10(7)13-19-9-1-2-18-12(17)11(9)20-13/h1-4H,(H2,17,18). The zero-order valence-corrected chi connectivity index (χ0v) is 13.6. The molecule has 0 bridgehead atoms. The Kier molecular flexibility index (Phi) is 3.50. The lowest BCUT2D eigenvalue weighted by Crippen LogP contribution is -1.87. The Bertz CT molecular complexity index is 845. The summed E-state index contributed by atoms with van der Waals surface area (Å²) in [5.74, 6) is 0.464. The Morgan fingerprint density at radius 2 is 2.20 bits per heavy atom. The Hall–Kier alpha value is -1.43. The van der Waals surface area contributed by atoms with Crippen LogP contribution in [-0.4, -0.2) is 9.97 Å². The first-order valence-corrected chi connectivity index (χ1v) is 7.78. The second-order valence-electron chi connectivity index (χ2n) is 3.99. The quantitative estimate of drug-likeness (QED) is 0.611. The van der Waals surface area contributed by atoms with Gasteiger partial charge in [0, 0.05) is 15.3 Å². The van der Waals surface area contributed by atoms with Gasteiger partial charge in [-0.1, -0.05) is 11.6 Å². The van der Waals surface area contributed by atoms with Gasteiger partial charge in [-0.2, -0.15) is 5.26 Å². The summed E-state index contributed by atoms with van der Waals surface area (Å²) in [7, 11) is 0. The first-order chi connectivity index (χ1) is 9.60. The molecule has 3 aromatic rings. The molecule has 98 valence electrons. The van der Waals surface area contributed by atoms with Gasteiger partial charge in [0.05, 0.1) is 26.9 Å². The maximum absolute atomic E-state index is 8.95. The molecule has 0 aliphatic rings. The van der Waals surface area contributed by atoms with Crippen molar-refractivity contribution in [1.29, 1.82) is 5.26 Å². The summed E-state index contributed by atoms with van der Waals surface area (Å²) in [5.41, 5.74) is 8.01. The highest BCUT2D eigenvalue weighted by molar-refractivity contribution is 14.1.